The third kappa shape index (κ3) is 3.85. The van der Waals surface area contributed by atoms with Gasteiger partial charge in [0.25, 0.3) is 5.91 Å². The Balaban J connectivity index is 1.59. The van der Waals surface area contributed by atoms with Gasteiger partial charge < -0.3 is 14.8 Å². The zero-order chi connectivity index (χ0) is 22.0. The number of carbonyl (C=O) groups excluding carboxylic acids is 3. The van der Waals surface area contributed by atoms with Crippen LogP contribution in [0.5, 0.6) is 11.5 Å². The van der Waals surface area contributed by atoms with Crippen molar-refractivity contribution in [3.63, 3.8) is 0 Å². The lowest BCUT2D eigenvalue weighted by Gasteiger charge is -2.27. The zero-order valence-corrected chi connectivity index (χ0v) is 17.2. The number of urea groups is 1. The van der Waals surface area contributed by atoms with E-state index in [1.807, 2.05) is 6.92 Å². The molecular weight excluding hydrogens is 403 g/mol. The van der Waals surface area contributed by atoms with Crippen molar-refractivity contribution in [2.24, 2.45) is 0 Å². The van der Waals surface area contributed by atoms with Crippen LogP contribution in [0.15, 0.2) is 42.5 Å². The molecule has 1 saturated heterocycles. The molecule has 0 aromatic heterocycles. The van der Waals surface area contributed by atoms with E-state index in [1.54, 1.807) is 18.2 Å². The quantitative estimate of drug-likeness (QED) is 0.542. The van der Waals surface area contributed by atoms with E-state index in [1.165, 1.54) is 24.3 Å². The van der Waals surface area contributed by atoms with Gasteiger partial charge in [0.2, 0.25) is 0 Å². The van der Waals surface area contributed by atoms with Gasteiger partial charge in [0.15, 0.2) is 17.3 Å². The number of ketones is 1. The van der Waals surface area contributed by atoms with Crippen molar-refractivity contribution in [3.05, 3.63) is 59.4 Å². The molecule has 2 aliphatic rings. The Morgan fingerprint density at radius 3 is 2.52 bits per heavy atom. The van der Waals surface area contributed by atoms with Crippen molar-refractivity contribution in [2.75, 3.05) is 19.8 Å². The summed E-state index contributed by atoms with van der Waals surface area (Å²) in [4.78, 5) is 39.9. The number of Topliss-reactive ketones (excluding diaryl/α,β-unsaturated/α-hetero) is 1. The highest BCUT2D eigenvalue weighted by atomic mass is 19.1. The number of amides is 3. The first-order valence-electron chi connectivity index (χ1n) is 10.3. The summed E-state index contributed by atoms with van der Waals surface area (Å²) in [5.74, 6) is -0.336. The average molecular weight is 426 g/mol. The summed E-state index contributed by atoms with van der Waals surface area (Å²) in [6.45, 7) is 2.39. The molecule has 0 spiro atoms. The SMILES string of the molecule is CCCC[C@@]1(c2ccc(F)cc2)NC(=O)N(CC(=O)c2ccc3c(c2)OCCO3)C1=O. The van der Waals surface area contributed by atoms with Gasteiger partial charge in [0.1, 0.15) is 24.6 Å². The van der Waals surface area contributed by atoms with Gasteiger partial charge in [-0.05, 0) is 42.3 Å². The molecule has 7 nitrogen and oxygen atoms in total. The first kappa shape index (κ1) is 20.8. The highest BCUT2D eigenvalue weighted by Crippen LogP contribution is 2.35. The van der Waals surface area contributed by atoms with Crippen molar-refractivity contribution in [3.8, 4) is 11.5 Å². The summed E-state index contributed by atoms with van der Waals surface area (Å²) in [5.41, 5.74) is -0.499. The third-order valence-electron chi connectivity index (χ3n) is 5.58. The largest absolute Gasteiger partial charge is 0.486 e. The van der Waals surface area contributed by atoms with Crippen molar-refractivity contribution in [2.45, 2.75) is 31.7 Å². The van der Waals surface area contributed by atoms with E-state index >= 15 is 0 Å². The number of rotatable bonds is 7. The molecule has 4 rings (SSSR count). The standard InChI is InChI=1S/C23H23FN2O5/c1-2-3-10-23(16-5-7-17(24)8-6-16)21(28)26(22(29)25-23)14-18(27)15-4-9-19-20(13-15)31-12-11-30-19/h4-9,13H,2-3,10-12,14H2,1H3,(H,25,29)/t23-/m0/s1. The van der Waals surface area contributed by atoms with E-state index in [4.69, 9.17) is 9.47 Å². The number of hydrogen-bond acceptors (Lipinski definition) is 5. The molecule has 2 aliphatic heterocycles. The second kappa shape index (κ2) is 8.37. The van der Waals surface area contributed by atoms with Crippen LogP contribution < -0.4 is 14.8 Å². The van der Waals surface area contributed by atoms with Gasteiger partial charge in [0, 0.05) is 5.56 Å². The third-order valence-corrected chi connectivity index (χ3v) is 5.58. The van der Waals surface area contributed by atoms with Crippen LogP contribution in [-0.2, 0) is 10.3 Å². The van der Waals surface area contributed by atoms with Crippen LogP contribution in [-0.4, -0.2) is 42.4 Å². The molecule has 162 valence electrons. The Morgan fingerprint density at radius 2 is 1.81 bits per heavy atom. The summed E-state index contributed by atoms with van der Waals surface area (Å²) < 4.78 is 24.4. The molecule has 31 heavy (non-hydrogen) atoms. The highest BCUT2D eigenvalue weighted by Gasteiger charge is 2.52. The first-order valence-corrected chi connectivity index (χ1v) is 10.3. The Morgan fingerprint density at radius 1 is 1.10 bits per heavy atom. The molecule has 0 aliphatic carbocycles. The summed E-state index contributed by atoms with van der Waals surface area (Å²) in [6.07, 6.45) is 1.84. The number of ether oxygens (including phenoxy) is 2. The van der Waals surface area contributed by atoms with Crippen LogP contribution in [0.3, 0.4) is 0 Å². The van der Waals surface area contributed by atoms with E-state index in [9.17, 15) is 18.8 Å². The zero-order valence-electron chi connectivity index (χ0n) is 17.2. The minimum atomic E-state index is -1.31. The average Bonchev–Trinajstić information content (AvgIpc) is 3.02. The molecule has 0 radical (unpaired) electrons. The van der Waals surface area contributed by atoms with E-state index in [2.05, 4.69) is 5.32 Å². The molecule has 1 N–H and O–H groups in total. The summed E-state index contributed by atoms with van der Waals surface area (Å²) in [7, 11) is 0. The topological polar surface area (TPSA) is 84.9 Å². The van der Waals surface area contributed by atoms with E-state index in [-0.39, 0.29) is 0 Å². The maximum Gasteiger partial charge on any atom is 0.325 e. The number of nitrogens with one attached hydrogen (secondary N) is 1. The smallest absolute Gasteiger partial charge is 0.325 e. The van der Waals surface area contributed by atoms with Gasteiger partial charge in [-0.3, -0.25) is 14.5 Å². The number of nitrogens with zero attached hydrogens (tertiary/aromatic N) is 1. The number of unbranched alkanes of at least 4 members (excludes halogenated alkanes) is 1. The van der Waals surface area contributed by atoms with E-state index < -0.39 is 35.6 Å². The van der Waals surface area contributed by atoms with Crippen LogP contribution >= 0.6 is 0 Å². The van der Waals surface area contributed by atoms with E-state index in [0.29, 0.717) is 48.7 Å². The predicted molar refractivity (Wildman–Crippen MR) is 110 cm³/mol. The van der Waals surface area contributed by atoms with E-state index in [0.717, 1.165) is 11.3 Å². The van der Waals surface area contributed by atoms with Crippen LogP contribution in [0, 0.1) is 5.82 Å². The lowest BCUT2D eigenvalue weighted by molar-refractivity contribution is -0.131. The van der Waals surface area contributed by atoms with Gasteiger partial charge in [-0.15, -0.1) is 0 Å². The number of carbonyl (C=O) groups is 3. The number of benzene rings is 2. The Kier molecular flexibility index (Phi) is 5.63. The monoisotopic (exact) mass is 426 g/mol. The maximum atomic E-state index is 13.4. The van der Waals surface area contributed by atoms with Crippen LogP contribution in [0.2, 0.25) is 0 Å². The highest BCUT2D eigenvalue weighted by molar-refractivity contribution is 6.11. The number of fused-ring (bicyclic) bond motifs is 1. The Hall–Kier alpha value is -3.42. The lowest BCUT2D eigenvalue weighted by Crippen LogP contribution is -2.44. The lowest BCUT2D eigenvalue weighted by atomic mass is 9.84. The van der Waals surface area contributed by atoms with Crippen molar-refractivity contribution in [1.29, 1.82) is 0 Å². The molecule has 1 atom stereocenters. The van der Waals surface area contributed by atoms with Gasteiger partial charge in [-0.1, -0.05) is 31.9 Å². The van der Waals surface area contributed by atoms with Gasteiger partial charge in [-0.2, -0.15) is 0 Å². The van der Waals surface area contributed by atoms with Gasteiger partial charge >= 0.3 is 6.03 Å². The minimum absolute atomic E-state index is 0.317. The molecule has 1 fully saturated rings. The fraction of sp³-hybridized carbons (Fsp3) is 0.348. The minimum Gasteiger partial charge on any atom is -0.486 e. The number of imide groups is 1. The summed E-state index contributed by atoms with van der Waals surface area (Å²) >= 11 is 0. The molecule has 2 aromatic carbocycles. The first-order chi connectivity index (χ1) is 14.9. The van der Waals surface area contributed by atoms with Crippen LogP contribution in [0.1, 0.15) is 42.1 Å². The molecule has 3 amide bonds. The fourth-order valence-electron chi connectivity index (χ4n) is 3.91. The fourth-order valence-corrected chi connectivity index (χ4v) is 3.91. The molecule has 0 saturated carbocycles. The Bertz CT molecular complexity index is 1020. The Labute approximate surface area is 179 Å². The second-order valence-electron chi connectivity index (χ2n) is 7.62. The summed E-state index contributed by atoms with van der Waals surface area (Å²) in [5, 5.41) is 2.76. The van der Waals surface area contributed by atoms with Crippen LogP contribution in [0.25, 0.3) is 0 Å². The van der Waals surface area contributed by atoms with Crippen LogP contribution in [0.4, 0.5) is 9.18 Å². The normalized spacial score (nSPS) is 20.0. The second-order valence-corrected chi connectivity index (χ2v) is 7.62. The van der Waals surface area contributed by atoms with Crippen molar-refractivity contribution in [1.82, 2.24) is 10.2 Å². The van der Waals surface area contributed by atoms with Crippen molar-refractivity contribution >= 4 is 17.7 Å². The number of hydrogen-bond donors (Lipinski definition) is 1. The maximum absolute atomic E-state index is 13.4. The molecule has 2 aromatic rings. The molecule has 2 heterocycles. The summed E-state index contributed by atoms with van der Waals surface area (Å²) in [6, 6.07) is 9.63. The predicted octanol–water partition coefficient (Wildman–Crippen LogP) is 3.42. The molecular formula is C23H23FN2O5. The van der Waals surface area contributed by atoms with Gasteiger partial charge in [0.05, 0.1) is 6.54 Å². The number of halogens is 1. The molecule has 8 heteroatoms. The molecule has 0 unspecified atom stereocenters. The van der Waals surface area contributed by atoms with Crippen molar-refractivity contribution < 1.29 is 28.2 Å². The van der Waals surface area contributed by atoms with Gasteiger partial charge in [-0.25, -0.2) is 9.18 Å². The molecule has 0 bridgehead atoms.